The lowest BCUT2D eigenvalue weighted by Crippen LogP contribution is -2.34. The molecule has 28 heavy (non-hydrogen) atoms. The third-order valence-electron chi connectivity index (χ3n) is 4.80. The number of aromatic nitrogens is 1. The van der Waals surface area contributed by atoms with Gasteiger partial charge in [-0.2, -0.15) is 13.2 Å². The van der Waals surface area contributed by atoms with Gasteiger partial charge in [0.1, 0.15) is 5.82 Å². The van der Waals surface area contributed by atoms with Crippen LogP contribution in [0.2, 0.25) is 0 Å². The average molecular weight is 414 g/mol. The molecule has 5 nitrogen and oxygen atoms in total. The molecule has 1 aliphatic heterocycles. The number of anilines is 1. The second kappa shape index (κ2) is 7.71. The van der Waals surface area contributed by atoms with E-state index in [9.17, 15) is 21.6 Å². The Kier molecular flexibility index (Phi) is 5.67. The quantitative estimate of drug-likeness (QED) is 0.745. The van der Waals surface area contributed by atoms with Gasteiger partial charge in [-0.15, -0.1) is 0 Å². The first-order valence-electron chi connectivity index (χ1n) is 8.74. The van der Waals surface area contributed by atoms with Crippen molar-refractivity contribution in [3.8, 4) is 11.1 Å². The van der Waals surface area contributed by atoms with Crippen LogP contribution >= 0.6 is 0 Å². The van der Waals surface area contributed by atoms with Crippen LogP contribution in [0.5, 0.6) is 0 Å². The largest absolute Gasteiger partial charge is 0.417 e. The molecule has 0 radical (unpaired) electrons. The highest BCUT2D eigenvalue weighted by Crippen LogP contribution is 2.38. The molecule has 152 valence electrons. The van der Waals surface area contributed by atoms with E-state index < -0.39 is 21.6 Å². The molecule has 1 aliphatic rings. The van der Waals surface area contributed by atoms with Crippen LogP contribution < -0.4 is 4.90 Å². The van der Waals surface area contributed by atoms with E-state index in [1.807, 2.05) is 4.90 Å². The normalized spacial score (nSPS) is 17.9. The fourth-order valence-corrected chi connectivity index (χ4v) is 4.05. The number of alkyl halides is 3. The standard InChI is InChI=1S/C19H21F3N2O3S/c1-27-12-15-4-3-9-24(15)18-17(10-14(11-23-18)19(20,21)22)13-5-7-16(8-6-13)28(2,25)26/h5-8,10-11,15H,3-4,9,12H2,1-2H3/t15-/m0/s1. The summed E-state index contributed by atoms with van der Waals surface area (Å²) in [7, 11) is -1.81. The van der Waals surface area contributed by atoms with Gasteiger partial charge in [0, 0.05) is 31.7 Å². The number of hydrogen-bond acceptors (Lipinski definition) is 5. The molecule has 1 atom stereocenters. The maximum atomic E-state index is 13.3. The van der Waals surface area contributed by atoms with E-state index in [1.54, 1.807) is 7.11 Å². The highest BCUT2D eigenvalue weighted by molar-refractivity contribution is 7.90. The molecule has 1 fully saturated rings. The van der Waals surface area contributed by atoms with Gasteiger partial charge in [-0.1, -0.05) is 12.1 Å². The van der Waals surface area contributed by atoms with Gasteiger partial charge in [0.25, 0.3) is 0 Å². The SMILES string of the molecule is COC[C@@H]1CCCN1c1ncc(C(F)(F)F)cc1-c1ccc(S(C)(=O)=O)cc1. The fourth-order valence-electron chi connectivity index (χ4n) is 3.42. The Hall–Kier alpha value is -2.13. The highest BCUT2D eigenvalue weighted by atomic mass is 32.2. The molecule has 1 saturated heterocycles. The monoisotopic (exact) mass is 414 g/mol. The fraction of sp³-hybridized carbons (Fsp3) is 0.421. The Morgan fingerprint density at radius 3 is 2.50 bits per heavy atom. The van der Waals surface area contributed by atoms with E-state index in [-0.39, 0.29) is 10.9 Å². The van der Waals surface area contributed by atoms with Crippen molar-refractivity contribution in [3.05, 3.63) is 42.1 Å². The van der Waals surface area contributed by atoms with Crippen LogP contribution in [0.15, 0.2) is 41.4 Å². The van der Waals surface area contributed by atoms with Crippen LogP contribution in [0.3, 0.4) is 0 Å². The number of nitrogens with zero attached hydrogens (tertiary/aromatic N) is 2. The van der Waals surface area contributed by atoms with Gasteiger partial charge in [-0.05, 0) is 36.6 Å². The molecule has 0 amide bonds. The zero-order valence-electron chi connectivity index (χ0n) is 15.5. The summed E-state index contributed by atoms with van der Waals surface area (Å²) in [6.07, 6.45) is -0.846. The molecule has 1 aromatic carbocycles. The molecular formula is C19H21F3N2O3S. The molecule has 0 aliphatic carbocycles. The summed E-state index contributed by atoms with van der Waals surface area (Å²) < 4.78 is 68.4. The third-order valence-corrected chi connectivity index (χ3v) is 5.92. The average Bonchev–Trinajstić information content (AvgIpc) is 3.08. The molecule has 9 heteroatoms. The number of methoxy groups -OCH3 is 1. The Morgan fingerprint density at radius 2 is 1.93 bits per heavy atom. The molecule has 0 N–H and O–H groups in total. The number of halogens is 3. The lowest BCUT2D eigenvalue weighted by molar-refractivity contribution is -0.137. The van der Waals surface area contributed by atoms with E-state index in [0.717, 1.165) is 31.4 Å². The van der Waals surface area contributed by atoms with Gasteiger partial charge < -0.3 is 9.64 Å². The molecular weight excluding hydrogens is 393 g/mol. The highest BCUT2D eigenvalue weighted by Gasteiger charge is 2.34. The first-order chi connectivity index (χ1) is 13.1. The Balaban J connectivity index is 2.11. The lowest BCUT2D eigenvalue weighted by atomic mass is 10.0. The lowest BCUT2D eigenvalue weighted by Gasteiger charge is -2.28. The molecule has 2 aromatic rings. The molecule has 1 aromatic heterocycles. The van der Waals surface area contributed by atoms with Gasteiger partial charge in [0.2, 0.25) is 0 Å². The molecule has 0 spiro atoms. The summed E-state index contributed by atoms with van der Waals surface area (Å²) in [5.74, 6) is 0.444. The second-order valence-electron chi connectivity index (χ2n) is 6.83. The molecule has 0 bridgehead atoms. The van der Waals surface area contributed by atoms with Crippen molar-refractivity contribution in [1.29, 1.82) is 0 Å². The number of pyridine rings is 1. The summed E-state index contributed by atoms with van der Waals surface area (Å²) in [5, 5.41) is 0. The van der Waals surface area contributed by atoms with Crippen molar-refractivity contribution >= 4 is 15.7 Å². The summed E-state index contributed by atoms with van der Waals surface area (Å²) in [5.41, 5.74) is -0.0529. The van der Waals surface area contributed by atoms with Crippen molar-refractivity contribution in [2.75, 3.05) is 31.4 Å². The smallest absolute Gasteiger partial charge is 0.383 e. The van der Waals surface area contributed by atoms with E-state index in [0.29, 0.717) is 30.1 Å². The second-order valence-corrected chi connectivity index (χ2v) is 8.85. The van der Waals surface area contributed by atoms with Gasteiger partial charge >= 0.3 is 6.18 Å². The maximum absolute atomic E-state index is 13.3. The van der Waals surface area contributed by atoms with Gasteiger partial charge in [0.15, 0.2) is 9.84 Å². The minimum absolute atomic E-state index is 0.0308. The molecule has 2 heterocycles. The molecule has 0 unspecified atom stereocenters. The van der Waals surface area contributed by atoms with E-state index in [4.69, 9.17) is 4.74 Å². The first-order valence-corrected chi connectivity index (χ1v) is 10.6. The van der Waals surface area contributed by atoms with Crippen LogP contribution in [0.1, 0.15) is 18.4 Å². The molecule has 0 saturated carbocycles. The van der Waals surface area contributed by atoms with E-state index >= 15 is 0 Å². The van der Waals surface area contributed by atoms with Gasteiger partial charge in [-0.25, -0.2) is 13.4 Å². The number of hydrogen-bond donors (Lipinski definition) is 0. The van der Waals surface area contributed by atoms with Crippen molar-refractivity contribution < 1.29 is 26.3 Å². The van der Waals surface area contributed by atoms with Crippen molar-refractivity contribution in [1.82, 2.24) is 4.98 Å². The summed E-state index contributed by atoms with van der Waals surface area (Å²) >= 11 is 0. The number of ether oxygens (including phenoxy) is 1. The summed E-state index contributed by atoms with van der Waals surface area (Å²) in [4.78, 5) is 6.21. The van der Waals surface area contributed by atoms with Crippen LogP contribution in [-0.4, -0.2) is 46.0 Å². The zero-order chi connectivity index (χ0) is 20.5. The minimum atomic E-state index is -4.52. The Morgan fingerprint density at radius 1 is 1.25 bits per heavy atom. The summed E-state index contributed by atoms with van der Waals surface area (Å²) in [6, 6.07) is 6.91. The van der Waals surface area contributed by atoms with Crippen LogP contribution in [-0.2, 0) is 20.8 Å². The predicted molar refractivity (Wildman–Crippen MR) is 100 cm³/mol. The minimum Gasteiger partial charge on any atom is -0.383 e. The van der Waals surface area contributed by atoms with E-state index in [1.165, 1.54) is 24.3 Å². The predicted octanol–water partition coefficient (Wildman–Crippen LogP) is 3.79. The number of sulfone groups is 1. The topological polar surface area (TPSA) is 59.5 Å². The van der Waals surface area contributed by atoms with Gasteiger partial charge in [0.05, 0.1) is 23.1 Å². The van der Waals surface area contributed by atoms with Crippen LogP contribution in [0.4, 0.5) is 19.0 Å². The molecule has 3 rings (SSSR count). The Labute approximate surface area is 162 Å². The van der Waals surface area contributed by atoms with Crippen molar-refractivity contribution in [2.45, 2.75) is 30.0 Å². The zero-order valence-corrected chi connectivity index (χ0v) is 16.3. The maximum Gasteiger partial charge on any atom is 0.417 e. The first kappa shape index (κ1) is 20.6. The Bertz CT molecular complexity index is 944. The van der Waals surface area contributed by atoms with Crippen molar-refractivity contribution in [2.24, 2.45) is 0 Å². The van der Waals surface area contributed by atoms with Crippen molar-refractivity contribution in [3.63, 3.8) is 0 Å². The summed E-state index contributed by atoms with van der Waals surface area (Å²) in [6.45, 7) is 1.12. The number of rotatable bonds is 5. The van der Waals surface area contributed by atoms with Gasteiger partial charge in [-0.3, -0.25) is 0 Å². The van der Waals surface area contributed by atoms with E-state index in [2.05, 4.69) is 4.98 Å². The number of benzene rings is 1. The third kappa shape index (κ3) is 4.30. The van der Waals surface area contributed by atoms with Crippen LogP contribution in [0, 0.1) is 0 Å². The van der Waals surface area contributed by atoms with Crippen LogP contribution in [0.25, 0.3) is 11.1 Å².